The van der Waals surface area contributed by atoms with Crippen molar-refractivity contribution >= 4 is 0 Å². The minimum Gasteiger partial charge on any atom is -0.320 e. The topological polar surface area (TPSA) is 47.7 Å². The fraction of sp³-hybridized carbons (Fsp3) is 0.750. The molecule has 0 aromatic carbocycles. The monoisotopic (exact) mass is 170 g/mol. The fourth-order valence-electron chi connectivity index (χ4n) is 1.45. The average Bonchev–Trinajstić information content (AvgIpc) is 2.01. The first kappa shape index (κ1) is 8.19. The van der Waals surface area contributed by atoms with Crippen molar-refractivity contribution in [1.82, 2.24) is 5.01 Å². The van der Waals surface area contributed by atoms with E-state index in [9.17, 15) is 0 Å². The predicted octanol–water partition coefficient (Wildman–Crippen LogP) is 0.211. The van der Waals surface area contributed by atoms with Crippen LogP contribution in [0.25, 0.3) is 0 Å². The number of ether oxygens (including phenoxy) is 2. The summed E-state index contributed by atoms with van der Waals surface area (Å²) >= 11 is 0. The molecular formula is C8H14N2O2. The first-order chi connectivity index (χ1) is 5.75. The van der Waals surface area contributed by atoms with Gasteiger partial charge in [-0.15, -0.1) is 0 Å². The molecule has 2 rings (SSSR count). The summed E-state index contributed by atoms with van der Waals surface area (Å²) < 4.78 is 10.7. The van der Waals surface area contributed by atoms with Crippen molar-refractivity contribution in [3.05, 3.63) is 11.6 Å². The highest BCUT2D eigenvalue weighted by atomic mass is 16.9. The van der Waals surface area contributed by atoms with Crippen LogP contribution in [0.5, 0.6) is 0 Å². The van der Waals surface area contributed by atoms with E-state index in [0.717, 1.165) is 19.5 Å². The molecule has 4 heteroatoms. The highest BCUT2D eigenvalue weighted by molar-refractivity contribution is 5.11. The zero-order valence-electron chi connectivity index (χ0n) is 7.19. The van der Waals surface area contributed by atoms with Crippen LogP contribution in [0.2, 0.25) is 0 Å². The quantitative estimate of drug-likeness (QED) is 0.451. The van der Waals surface area contributed by atoms with Gasteiger partial charge < -0.3 is 9.47 Å². The molecule has 0 aromatic rings. The molecule has 0 aliphatic carbocycles. The van der Waals surface area contributed by atoms with E-state index in [2.05, 4.69) is 6.08 Å². The van der Waals surface area contributed by atoms with Crippen molar-refractivity contribution in [2.75, 3.05) is 13.1 Å². The third-order valence-electron chi connectivity index (χ3n) is 2.21. The number of hydrazine groups is 1. The molecule has 2 aliphatic heterocycles. The van der Waals surface area contributed by atoms with Crippen LogP contribution in [-0.2, 0) is 9.47 Å². The van der Waals surface area contributed by atoms with Gasteiger partial charge in [0.15, 0.2) is 12.6 Å². The molecule has 0 bridgehead atoms. The van der Waals surface area contributed by atoms with Crippen LogP contribution in [0.15, 0.2) is 11.6 Å². The summed E-state index contributed by atoms with van der Waals surface area (Å²) in [6.07, 6.45) is 2.91. The van der Waals surface area contributed by atoms with Crippen LogP contribution in [-0.4, -0.2) is 30.7 Å². The summed E-state index contributed by atoms with van der Waals surface area (Å²) in [5, 5.41) is 1.78. The van der Waals surface area contributed by atoms with Crippen molar-refractivity contribution in [3.63, 3.8) is 0 Å². The van der Waals surface area contributed by atoms with Gasteiger partial charge in [0.05, 0.1) is 0 Å². The van der Waals surface area contributed by atoms with Crippen LogP contribution in [0, 0.1) is 0 Å². The van der Waals surface area contributed by atoms with Crippen LogP contribution in [0.4, 0.5) is 0 Å². The van der Waals surface area contributed by atoms with E-state index >= 15 is 0 Å². The van der Waals surface area contributed by atoms with Gasteiger partial charge in [0.1, 0.15) is 0 Å². The van der Waals surface area contributed by atoms with E-state index in [0.29, 0.717) is 0 Å². The molecule has 2 N–H and O–H groups in total. The van der Waals surface area contributed by atoms with Crippen molar-refractivity contribution in [2.24, 2.45) is 5.84 Å². The van der Waals surface area contributed by atoms with Gasteiger partial charge in [-0.1, -0.05) is 6.08 Å². The van der Waals surface area contributed by atoms with E-state index in [1.54, 1.807) is 5.01 Å². The molecule has 68 valence electrons. The van der Waals surface area contributed by atoms with Gasteiger partial charge >= 0.3 is 0 Å². The summed E-state index contributed by atoms with van der Waals surface area (Å²) in [6.45, 7) is 3.59. The minimum atomic E-state index is -0.0892. The Balaban J connectivity index is 1.89. The minimum absolute atomic E-state index is 0.0354. The zero-order chi connectivity index (χ0) is 8.55. The molecule has 4 nitrogen and oxygen atoms in total. The van der Waals surface area contributed by atoms with Crippen molar-refractivity contribution < 1.29 is 9.47 Å². The number of nitrogens with zero attached hydrogens (tertiary/aromatic N) is 1. The van der Waals surface area contributed by atoms with Crippen LogP contribution in [0.3, 0.4) is 0 Å². The van der Waals surface area contributed by atoms with Crippen LogP contribution in [0.1, 0.15) is 13.3 Å². The number of nitrogens with two attached hydrogens (primary N) is 1. The van der Waals surface area contributed by atoms with Gasteiger partial charge in [0.25, 0.3) is 0 Å². The standard InChI is InChI=1S/C8H14N2O2/c1-6-11-8(12-6)7-2-4-10(9)5-3-7/h2,6,8H,3-5,9H2,1H3. The lowest BCUT2D eigenvalue weighted by Gasteiger charge is -2.37. The fourth-order valence-corrected chi connectivity index (χ4v) is 1.45. The normalized spacial score (nSPS) is 37.3. The molecule has 0 amide bonds. The summed E-state index contributed by atoms with van der Waals surface area (Å²) in [7, 11) is 0. The molecule has 12 heavy (non-hydrogen) atoms. The molecule has 2 aliphatic rings. The maximum Gasteiger partial charge on any atom is 0.185 e. The second-order valence-corrected chi connectivity index (χ2v) is 3.20. The Labute approximate surface area is 71.9 Å². The average molecular weight is 170 g/mol. The molecule has 0 spiro atoms. The first-order valence-corrected chi connectivity index (χ1v) is 4.25. The van der Waals surface area contributed by atoms with Crippen LogP contribution < -0.4 is 5.84 Å². The van der Waals surface area contributed by atoms with Gasteiger partial charge in [-0.3, -0.25) is 5.84 Å². The molecule has 0 radical (unpaired) electrons. The van der Waals surface area contributed by atoms with E-state index in [4.69, 9.17) is 15.3 Å². The Kier molecular flexibility index (Phi) is 2.14. The Morgan fingerprint density at radius 2 is 2.33 bits per heavy atom. The van der Waals surface area contributed by atoms with Gasteiger partial charge in [-0.25, -0.2) is 5.01 Å². The predicted molar refractivity (Wildman–Crippen MR) is 43.9 cm³/mol. The Bertz CT molecular complexity index is 199. The molecule has 0 aromatic heterocycles. The SMILES string of the molecule is CC1OC(C2=CCN(N)CC2)O1. The van der Waals surface area contributed by atoms with Gasteiger partial charge in [-0.05, 0) is 18.9 Å². The van der Waals surface area contributed by atoms with E-state index in [1.807, 2.05) is 6.92 Å². The van der Waals surface area contributed by atoms with Crippen molar-refractivity contribution in [2.45, 2.75) is 25.9 Å². The molecular weight excluding hydrogens is 156 g/mol. The number of hydrogen-bond donors (Lipinski definition) is 1. The van der Waals surface area contributed by atoms with Crippen molar-refractivity contribution in [1.29, 1.82) is 0 Å². The lowest BCUT2D eigenvalue weighted by Crippen LogP contribution is -2.43. The van der Waals surface area contributed by atoms with Crippen LogP contribution >= 0.6 is 0 Å². The van der Waals surface area contributed by atoms with Gasteiger partial charge in [0.2, 0.25) is 0 Å². The largest absolute Gasteiger partial charge is 0.320 e. The first-order valence-electron chi connectivity index (χ1n) is 4.25. The molecule has 1 fully saturated rings. The number of rotatable bonds is 1. The molecule has 1 saturated heterocycles. The summed E-state index contributed by atoms with van der Waals surface area (Å²) in [5.41, 5.74) is 1.23. The third kappa shape index (κ3) is 1.51. The Morgan fingerprint density at radius 3 is 2.83 bits per heavy atom. The molecule has 0 atom stereocenters. The lowest BCUT2D eigenvalue weighted by atomic mass is 10.1. The lowest BCUT2D eigenvalue weighted by molar-refractivity contribution is -0.360. The van der Waals surface area contributed by atoms with E-state index < -0.39 is 0 Å². The molecule has 0 saturated carbocycles. The second-order valence-electron chi connectivity index (χ2n) is 3.20. The van der Waals surface area contributed by atoms with Gasteiger partial charge in [-0.2, -0.15) is 0 Å². The second kappa shape index (κ2) is 3.14. The maximum atomic E-state index is 5.59. The Hall–Kier alpha value is -0.420. The summed E-state index contributed by atoms with van der Waals surface area (Å²) in [5.74, 6) is 5.59. The number of hydrogen-bond acceptors (Lipinski definition) is 4. The summed E-state index contributed by atoms with van der Waals surface area (Å²) in [6, 6.07) is 0. The summed E-state index contributed by atoms with van der Waals surface area (Å²) in [4.78, 5) is 0. The van der Waals surface area contributed by atoms with Gasteiger partial charge in [0, 0.05) is 13.1 Å². The highest BCUT2D eigenvalue weighted by Crippen LogP contribution is 2.26. The van der Waals surface area contributed by atoms with E-state index in [-0.39, 0.29) is 12.6 Å². The molecule has 0 unspecified atom stereocenters. The smallest absolute Gasteiger partial charge is 0.185 e. The van der Waals surface area contributed by atoms with E-state index in [1.165, 1.54) is 5.57 Å². The highest BCUT2D eigenvalue weighted by Gasteiger charge is 2.30. The molecule has 2 heterocycles. The third-order valence-corrected chi connectivity index (χ3v) is 2.21. The maximum absolute atomic E-state index is 5.59. The van der Waals surface area contributed by atoms with Crippen molar-refractivity contribution in [3.8, 4) is 0 Å². The zero-order valence-corrected chi connectivity index (χ0v) is 7.19. The Morgan fingerprint density at radius 1 is 1.58 bits per heavy atom.